The Morgan fingerprint density at radius 2 is 2.03 bits per heavy atom. The molecule has 30 heavy (non-hydrogen) atoms. The second kappa shape index (κ2) is 11.5. The average Bonchev–Trinajstić information content (AvgIpc) is 3.26. The van der Waals surface area contributed by atoms with Crippen LogP contribution in [0.15, 0.2) is 46.8 Å². The number of nitrogens with zero attached hydrogens (tertiary/aromatic N) is 2. The van der Waals surface area contributed by atoms with Gasteiger partial charge in [0.25, 0.3) is 5.91 Å². The number of guanidine groups is 1. The van der Waals surface area contributed by atoms with Gasteiger partial charge in [0, 0.05) is 29.9 Å². The number of anilines is 1. The van der Waals surface area contributed by atoms with E-state index in [1.165, 1.54) is 4.88 Å². The molecular weight excluding hydrogens is 511 g/mol. The number of aliphatic imine (C=N–C) groups is 1. The quantitative estimate of drug-likeness (QED) is 0.229. The first-order valence-electron chi connectivity index (χ1n) is 10.1. The minimum absolute atomic E-state index is 0. The molecule has 0 radical (unpaired) electrons. The van der Waals surface area contributed by atoms with Crippen LogP contribution in [0.25, 0.3) is 0 Å². The molecule has 0 aliphatic carbocycles. The molecule has 1 aromatic carbocycles. The van der Waals surface area contributed by atoms with E-state index in [0.29, 0.717) is 13.1 Å². The van der Waals surface area contributed by atoms with Crippen molar-refractivity contribution in [2.45, 2.75) is 32.6 Å². The summed E-state index contributed by atoms with van der Waals surface area (Å²) in [6.07, 6.45) is 0.818. The van der Waals surface area contributed by atoms with E-state index in [9.17, 15) is 4.79 Å². The van der Waals surface area contributed by atoms with Gasteiger partial charge in [-0.05, 0) is 36.9 Å². The SMILES string of the molecule is CCNC(=NCC(C)(C)c1cccs1)NCCCN1C(=O)COc2ccccc21.I. The molecule has 0 bridgehead atoms. The summed E-state index contributed by atoms with van der Waals surface area (Å²) in [4.78, 5) is 20.2. The number of benzene rings is 1. The van der Waals surface area contributed by atoms with E-state index in [-0.39, 0.29) is 41.9 Å². The highest BCUT2D eigenvalue weighted by Gasteiger charge is 2.24. The Balaban J connectivity index is 0.00000320. The van der Waals surface area contributed by atoms with Gasteiger partial charge in [0.2, 0.25) is 0 Å². The maximum Gasteiger partial charge on any atom is 0.265 e. The van der Waals surface area contributed by atoms with Gasteiger partial charge < -0.3 is 20.3 Å². The molecule has 1 amide bonds. The summed E-state index contributed by atoms with van der Waals surface area (Å²) in [6, 6.07) is 11.9. The number of para-hydroxylation sites is 2. The molecule has 0 atom stereocenters. The number of hydrogen-bond donors (Lipinski definition) is 2. The van der Waals surface area contributed by atoms with Gasteiger partial charge in [-0.25, -0.2) is 0 Å². The van der Waals surface area contributed by atoms with Crippen LogP contribution < -0.4 is 20.3 Å². The maximum atomic E-state index is 12.3. The first-order valence-corrected chi connectivity index (χ1v) is 11.0. The van der Waals surface area contributed by atoms with Crippen LogP contribution in [0.1, 0.15) is 32.1 Å². The average molecular weight is 542 g/mol. The zero-order valence-electron chi connectivity index (χ0n) is 17.8. The molecule has 2 aromatic rings. The first-order chi connectivity index (χ1) is 14.0. The van der Waals surface area contributed by atoms with E-state index in [4.69, 9.17) is 9.73 Å². The van der Waals surface area contributed by atoms with E-state index in [2.05, 4.69) is 48.9 Å². The molecule has 2 heterocycles. The molecule has 0 saturated carbocycles. The minimum atomic E-state index is 0. The van der Waals surface area contributed by atoms with E-state index < -0.39 is 0 Å². The summed E-state index contributed by atoms with van der Waals surface area (Å²) in [7, 11) is 0. The van der Waals surface area contributed by atoms with Crippen LogP contribution in [-0.4, -0.2) is 44.7 Å². The van der Waals surface area contributed by atoms with E-state index in [1.807, 2.05) is 29.2 Å². The molecule has 1 aromatic heterocycles. The third-order valence-electron chi connectivity index (χ3n) is 4.82. The summed E-state index contributed by atoms with van der Waals surface area (Å²) in [5.74, 6) is 1.58. The van der Waals surface area contributed by atoms with Crippen LogP contribution in [0.2, 0.25) is 0 Å². The van der Waals surface area contributed by atoms with Gasteiger partial charge in [-0.1, -0.05) is 32.0 Å². The topological polar surface area (TPSA) is 66.0 Å². The Bertz CT molecular complexity index is 839. The van der Waals surface area contributed by atoms with Gasteiger partial charge >= 0.3 is 0 Å². The normalized spacial score (nSPS) is 13.9. The summed E-state index contributed by atoms with van der Waals surface area (Å²) < 4.78 is 5.50. The number of ether oxygens (including phenoxy) is 1. The number of carbonyl (C=O) groups is 1. The molecule has 8 heteroatoms. The predicted octanol–water partition coefficient (Wildman–Crippen LogP) is 4.01. The fourth-order valence-corrected chi connectivity index (χ4v) is 4.05. The lowest BCUT2D eigenvalue weighted by atomic mass is 9.92. The molecule has 0 unspecified atom stereocenters. The van der Waals surface area contributed by atoms with Crippen molar-refractivity contribution in [3.8, 4) is 5.75 Å². The minimum Gasteiger partial charge on any atom is -0.482 e. The Morgan fingerprint density at radius 1 is 1.23 bits per heavy atom. The number of carbonyl (C=O) groups excluding carboxylic acids is 1. The van der Waals surface area contributed by atoms with E-state index in [1.54, 1.807) is 11.3 Å². The van der Waals surface area contributed by atoms with Crippen LogP contribution in [0.4, 0.5) is 5.69 Å². The van der Waals surface area contributed by atoms with Crippen molar-refractivity contribution in [3.05, 3.63) is 46.7 Å². The third kappa shape index (κ3) is 6.34. The molecule has 3 rings (SSSR count). The molecule has 1 aliphatic heterocycles. The van der Waals surface area contributed by atoms with Crippen molar-refractivity contribution < 1.29 is 9.53 Å². The number of hydrogen-bond acceptors (Lipinski definition) is 4. The van der Waals surface area contributed by atoms with Crippen LogP contribution >= 0.6 is 35.3 Å². The van der Waals surface area contributed by atoms with Gasteiger partial charge in [0.05, 0.1) is 12.2 Å². The van der Waals surface area contributed by atoms with Gasteiger partial charge in [0.15, 0.2) is 12.6 Å². The number of rotatable bonds is 8. The summed E-state index contributed by atoms with van der Waals surface area (Å²) in [5.41, 5.74) is 0.850. The van der Waals surface area contributed by atoms with E-state index in [0.717, 1.165) is 36.9 Å². The summed E-state index contributed by atoms with van der Waals surface area (Å²) in [5, 5.41) is 8.80. The van der Waals surface area contributed by atoms with Crippen molar-refractivity contribution in [1.82, 2.24) is 10.6 Å². The van der Waals surface area contributed by atoms with Gasteiger partial charge in [-0.15, -0.1) is 35.3 Å². The summed E-state index contributed by atoms with van der Waals surface area (Å²) in [6.45, 7) is 9.49. The molecular formula is C22H31IN4O2S. The Labute approximate surface area is 200 Å². The molecule has 1 aliphatic rings. The largest absolute Gasteiger partial charge is 0.482 e. The van der Waals surface area contributed by atoms with Crippen LogP contribution in [0.5, 0.6) is 5.75 Å². The van der Waals surface area contributed by atoms with E-state index >= 15 is 0 Å². The molecule has 0 saturated heterocycles. The fourth-order valence-electron chi connectivity index (χ4n) is 3.20. The van der Waals surface area contributed by atoms with Crippen molar-refractivity contribution in [2.24, 2.45) is 4.99 Å². The highest BCUT2D eigenvalue weighted by Crippen LogP contribution is 2.31. The van der Waals surface area contributed by atoms with Crippen LogP contribution in [0.3, 0.4) is 0 Å². The zero-order chi connectivity index (χ0) is 20.7. The lowest BCUT2D eigenvalue weighted by Crippen LogP contribution is -2.42. The highest BCUT2D eigenvalue weighted by atomic mass is 127. The van der Waals surface area contributed by atoms with Crippen molar-refractivity contribution in [1.29, 1.82) is 0 Å². The predicted molar refractivity (Wildman–Crippen MR) is 136 cm³/mol. The molecule has 0 fully saturated rings. The van der Waals surface area contributed by atoms with Crippen molar-refractivity contribution in [3.63, 3.8) is 0 Å². The molecule has 164 valence electrons. The Morgan fingerprint density at radius 3 is 2.77 bits per heavy atom. The first kappa shape index (κ1) is 24.5. The fraction of sp³-hybridized carbons (Fsp3) is 0.455. The second-order valence-electron chi connectivity index (χ2n) is 7.64. The highest BCUT2D eigenvalue weighted by molar-refractivity contribution is 14.0. The molecule has 2 N–H and O–H groups in total. The number of halogens is 1. The number of fused-ring (bicyclic) bond motifs is 1. The Hall–Kier alpha value is -1.81. The van der Waals surface area contributed by atoms with Gasteiger partial charge in [-0.3, -0.25) is 9.79 Å². The monoisotopic (exact) mass is 542 g/mol. The van der Waals surface area contributed by atoms with Crippen LogP contribution in [-0.2, 0) is 10.2 Å². The summed E-state index contributed by atoms with van der Waals surface area (Å²) >= 11 is 1.77. The standard InChI is InChI=1S/C22H30N4O2S.HI/c1-4-23-21(25-16-22(2,3)19-11-7-14-29-19)24-12-8-13-26-17-9-5-6-10-18(17)28-15-20(26)27;/h5-7,9-11,14H,4,8,12-13,15-16H2,1-3H3,(H2,23,24,25);1H. The smallest absolute Gasteiger partial charge is 0.265 e. The van der Waals surface area contributed by atoms with Crippen molar-refractivity contribution >= 4 is 52.9 Å². The lowest BCUT2D eigenvalue weighted by Gasteiger charge is -2.29. The number of nitrogens with one attached hydrogen (secondary N) is 2. The zero-order valence-corrected chi connectivity index (χ0v) is 21.0. The second-order valence-corrected chi connectivity index (χ2v) is 8.59. The van der Waals surface area contributed by atoms with Crippen molar-refractivity contribution in [2.75, 3.05) is 37.7 Å². The van der Waals surface area contributed by atoms with Gasteiger partial charge in [0.1, 0.15) is 5.75 Å². The maximum absolute atomic E-state index is 12.3. The lowest BCUT2D eigenvalue weighted by molar-refractivity contribution is -0.121. The van der Waals surface area contributed by atoms with Crippen LogP contribution in [0, 0.1) is 0 Å². The van der Waals surface area contributed by atoms with Gasteiger partial charge in [-0.2, -0.15) is 0 Å². The number of amides is 1. The molecule has 0 spiro atoms. The third-order valence-corrected chi connectivity index (χ3v) is 6.06. The molecule has 6 nitrogen and oxygen atoms in total. The number of thiophene rings is 1. The Kier molecular flexibility index (Phi) is 9.41.